The van der Waals surface area contributed by atoms with Crippen LogP contribution in [0.1, 0.15) is 5.56 Å². The van der Waals surface area contributed by atoms with Crippen LogP contribution in [0.2, 0.25) is 0 Å². The number of aromatic nitrogens is 2. The van der Waals surface area contributed by atoms with Gasteiger partial charge in [-0.05, 0) is 35.9 Å². The van der Waals surface area contributed by atoms with Crippen molar-refractivity contribution in [2.45, 2.75) is 6.42 Å². The largest absolute Gasteiger partial charge is 0.399 e. The highest BCUT2D eigenvalue weighted by molar-refractivity contribution is 5.92. The lowest BCUT2D eigenvalue weighted by atomic mass is 10.1. The van der Waals surface area contributed by atoms with Gasteiger partial charge in [-0.25, -0.2) is 9.97 Å². The predicted octanol–water partition coefficient (Wildman–Crippen LogP) is 3.02. The Morgan fingerprint density at radius 3 is 2.67 bits per heavy atom. The summed E-state index contributed by atoms with van der Waals surface area (Å²) in [5.41, 5.74) is 9.14. The Kier molecular flexibility index (Phi) is 3.36. The number of nitriles is 1. The summed E-state index contributed by atoms with van der Waals surface area (Å²) in [5.74, 6) is 0.730. The van der Waals surface area contributed by atoms with E-state index < -0.39 is 0 Å². The molecule has 0 radical (unpaired) electrons. The van der Waals surface area contributed by atoms with Gasteiger partial charge in [0.25, 0.3) is 0 Å². The van der Waals surface area contributed by atoms with Crippen LogP contribution in [0, 0.1) is 11.3 Å². The first-order chi connectivity index (χ1) is 10.3. The summed E-state index contributed by atoms with van der Waals surface area (Å²) < 4.78 is 0. The van der Waals surface area contributed by atoms with E-state index in [1.54, 1.807) is 0 Å². The molecule has 0 aliphatic rings. The Hall–Kier alpha value is -3.13. The third-order valence-corrected chi connectivity index (χ3v) is 3.16. The maximum absolute atomic E-state index is 8.67. The lowest BCUT2D eigenvalue weighted by molar-refractivity contribution is 1.22. The predicted molar refractivity (Wildman–Crippen MR) is 83.0 cm³/mol. The zero-order valence-electron chi connectivity index (χ0n) is 11.2. The molecule has 0 aliphatic heterocycles. The first kappa shape index (κ1) is 12.9. The Bertz CT molecular complexity index is 818. The molecule has 3 rings (SSSR count). The lowest BCUT2D eigenvalue weighted by Crippen LogP contribution is -1.97. The number of anilines is 3. The Balaban J connectivity index is 1.93. The number of nitrogens with one attached hydrogen (secondary N) is 1. The molecule has 0 saturated carbocycles. The molecule has 0 amide bonds. The number of nitrogen functional groups attached to an aromatic ring is 1. The maximum atomic E-state index is 8.67. The average Bonchev–Trinajstić information content (AvgIpc) is 2.49. The second-order valence-electron chi connectivity index (χ2n) is 4.66. The fourth-order valence-corrected chi connectivity index (χ4v) is 2.11. The zero-order chi connectivity index (χ0) is 14.7. The van der Waals surface area contributed by atoms with Gasteiger partial charge in [0.05, 0.1) is 18.0 Å². The standard InChI is InChI=1S/C16H13N5/c17-8-7-11-1-4-13(5-2-11)21-16-14-6-3-12(18)9-15(14)19-10-20-16/h1-6,9-10H,7,18H2,(H,19,20,21). The van der Waals surface area contributed by atoms with Gasteiger partial charge in [-0.15, -0.1) is 0 Å². The molecule has 0 atom stereocenters. The first-order valence-electron chi connectivity index (χ1n) is 6.49. The zero-order valence-corrected chi connectivity index (χ0v) is 11.2. The minimum atomic E-state index is 0.413. The summed E-state index contributed by atoms with van der Waals surface area (Å²) in [6.45, 7) is 0. The van der Waals surface area contributed by atoms with Gasteiger partial charge in [-0.2, -0.15) is 5.26 Å². The van der Waals surface area contributed by atoms with Gasteiger partial charge in [0, 0.05) is 16.8 Å². The number of hydrogen-bond donors (Lipinski definition) is 2. The van der Waals surface area contributed by atoms with Crippen LogP contribution in [-0.2, 0) is 6.42 Å². The molecule has 1 heterocycles. The molecule has 5 nitrogen and oxygen atoms in total. The Morgan fingerprint density at radius 1 is 1.10 bits per heavy atom. The number of nitrogens with two attached hydrogens (primary N) is 1. The van der Waals surface area contributed by atoms with Crippen molar-refractivity contribution in [1.29, 1.82) is 5.26 Å². The minimum absolute atomic E-state index is 0.413. The average molecular weight is 275 g/mol. The van der Waals surface area contributed by atoms with Crippen LogP contribution in [0.25, 0.3) is 10.9 Å². The van der Waals surface area contributed by atoms with Gasteiger partial charge in [0.1, 0.15) is 12.1 Å². The molecular formula is C16H13N5. The molecule has 3 N–H and O–H groups in total. The monoisotopic (exact) mass is 275 g/mol. The summed E-state index contributed by atoms with van der Waals surface area (Å²) in [4.78, 5) is 8.49. The molecule has 0 fully saturated rings. The normalized spacial score (nSPS) is 10.2. The van der Waals surface area contributed by atoms with Gasteiger partial charge in [0.15, 0.2) is 0 Å². The van der Waals surface area contributed by atoms with Crippen molar-refractivity contribution in [1.82, 2.24) is 9.97 Å². The third kappa shape index (κ3) is 2.74. The quantitative estimate of drug-likeness (QED) is 0.717. The van der Waals surface area contributed by atoms with E-state index in [4.69, 9.17) is 11.0 Å². The van der Waals surface area contributed by atoms with Gasteiger partial charge in [-0.3, -0.25) is 0 Å². The smallest absolute Gasteiger partial charge is 0.141 e. The van der Waals surface area contributed by atoms with E-state index in [0.717, 1.165) is 28.0 Å². The van der Waals surface area contributed by atoms with Crippen LogP contribution in [0.4, 0.5) is 17.2 Å². The number of nitrogens with zero attached hydrogens (tertiary/aromatic N) is 3. The molecule has 2 aromatic carbocycles. The summed E-state index contributed by atoms with van der Waals surface area (Å²) in [6.07, 6.45) is 1.92. The van der Waals surface area contributed by atoms with Crippen molar-refractivity contribution in [3.05, 3.63) is 54.4 Å². The van der Waals surface area contributed by atoms with Gasteiger partial charge >= 0.3 is 0 Å². The van der Waals surface area contributed by atoms with Crippen LogP contribution < -0.4 is 11.1 Å². The Labute approximate surface area is 122 Å². The first-order valence-corrected chi connectivity index (χ1v) is 6.49. The summed E-state index contributed by atoms with van der Waals surface area (Å²) >= 11 is 0. The molecular weight excluding hydrogens is 262 g/mol. The molecule has 0 spiro atoms. The molecule has 1 aromatic heterocycles. The van der Waals surface area contributed by atoms with Gasteiger partial charge < -0.3 is 11.1 Å². The van der Waals surface area contributed by atoms with Crippen LogP contribution >= 0.6 is 0 Å². The van der Waals surface area contributed by atoms with Crippen molar-refractivity contribution in [3.8, 4) is 6.07 Å². The molecule has 21 heavy (non-hydrogen) atoms. The number of rotatable bonds is 3. The molecule has 5 heteroatoms. The fraction of sp³-hybridized carbons (Fsp3) is 0.0625. The summed E-state index contributed by atoms with van der Waals surface area (Å²) in [7, 11) is 0. The van der Waals surface area contributed by atoms with Crippen molar-refractivity contribution in [2.24, 2.45) is 0 Å². The van der Waals surface area contributed by atoms with Gasteiger partial charge in [0.2, 0.25) is 0 Å². The Morgan fingerprint density at radius 2 is 1.90 bits per heavy atom. The highest BCUT2D eigenvalue weighted by Gasteiger charge is 2.04. The third-order valence-electron chi connectivity index (χ3n) is 3.16. The highest BCUT2D eigenvalue weighted by Crippen LogP contribution is 2.24. The molecule has 0 aliphatic carbocycles. The summed E-state index contributed by atoms with van der Waals surface area (Å²) in [5, 5.41) is 12.8. The van der Waals surface area contributed by atoms with E-state index in [9.17, 15) is 0 Å². The minimum Gasteiger partial charge on any atom is -0.399 e. The fourth-order valence-electron chi connectivity index (χ4n) is 2.11. The summed E-state index contributed by atoms with van der Waals surface area (Å²) in [6, 6.07) is 15.4. The van der Waals surface area contributed by atoms with Crippen molar-refractivity contribution in [2.75, 3.05) is 11.1 Å². The molecule has 0 unspecified atom stereocenters. The van der Waals surface area contributed by atoms with Gasteiger partial charge in [-0.1, -0.05) is 12.1 Å². The van der Waals surface area contributed by atoms with E-state index in [1.165, 1.54) is 6.33 Å². The number of hydrogen-bond acceptors (Lipinski definition) is 5. The molecule has 0 saturated heterocycles. The highest BCUT2D eigenvalue weighted by atomic mass is 15.0. The van der Waals surface area contributed by atoms with Crippen LogP contribution in [-0.4, -0.2) is 9.97 Å². The van der Waals surface area contributed by atoms with E-state index in [-0.39, 0.29) is 0 Å². The van der Waals surface area contributed by atoms with Crippen molar-refractivity contribution < 1.29 is 0 Å². The van der Waals surface area contributed by atoms with E-state index in [1.807, 2.05) is 42.5 Å². The second-order valence-corrected chi connectivity index (χ2v) is 4.66. The van der Waals surface area contributed by atoms with Crippen LogP contribution in [0.5, 0.6) is 0 Å². The maximum Gasteiger partial charge on any atom is 0.141 e. The molecule has 3 aromatic rings. The lowest BCUT2D eigenvalue weighted by Gasteiger charge is -2.09. The number of benzene rings is 2. The van der Waals surface area contributed by atoms with E-state index in [0.29, 0.717) is 12.1 Å². The molecule has 0 bridgehead atoms. The van der Waals surface area contributed by atoms with Crippen LogP contribution in [0.3, 0.4) is 0 Å². The van der Waals surface area contributed by atoms with E-state index >= 15 is 0 Å². The topological polar surface area (TPSA) is 87.6 Å². The SMILES string of the molecule is N#CCc1ccc(Nc2ncnc3cc(N)ccc23)cc1. The van der Waals surface area contributed by atoms with Crippen molar-refractivity contribution in [3.63, 3.8) is 0 Å². The number of fused-ring (bicyclic) bond motifs is 1. The van der Waals surface area contributed by atoms with Crippen molar-refractivity contribution >= 4 is 28.1 Å². The van der Waals surface area contributed by atoms with Crippen LogP contribution in [0.15, 0.2) is 48.8 Å². The second kappa shape index (κ2) is 5.47. The molecule has 102 valence electrons. The van der Waals surface area contributed by atoms with E-state index in [2.05, 4.69) is 21.4 Å².